The molecule has 9 heteroatoms. The van der Waals surface area contributed by atoms with Crippen LogP contribution in [0.3, 0.4) is 0 Å². The van der Waals surface area contributed by atoms with Gasteiger partial charge in [-0.15, -0.1) is 23.7 Å². The van der Waals surface area contributed by atoms with Crippen molar-refractivity contribution in [2.75, 3.05) is 26.2 Å². The van der Waals surface area contributed by atoms with Crippen molar-refractivity contribution >= 4 is 39.7 Å². The van der Waals surface area contributed by atoms with Crippen LogP contribution in [0.4, 0.5) is 0 Å². The topological polar surface area (TPSA) is 78.5 Å². The summed E-state index contributed by atoms with van der Waals surface area (Å²) < 4.78 is 27.3. The lowest BCUT2D eigenvalue weighted by molar-refractivity contribution is -0.121. The summed E-state index contributed by atoms with van der Waals surface area (Å²) in [7, 11) is -3.41. The van der Waals surface area contributed by atoms with Crippen LogP contribution in [0, 0.1) is 5.92 Å². The van der Waals surface area contributed by atoms with Crippen LogP contribution in [-0.2, 0) is 21.2 Å². The maximum absolute atomic E-state index is 12.7. The molecule has 2 rings (SSSR count). The van der Waals surface area contributed by atoms with E-state index in [1.165, 1.54) is 11.3 Å². The van der Waals surface area contributed by atoms with Gasteiger partial charge in [0.05, 0.1) is 0 Å². The quantitative estimate of drug-likeness (QED) is 0.720. The molecule has 1 fully saturated rings. The van der Waals surface area contributed by atoms with Crippen LogP contribution in [0.15, 0.2) is 16.3 Å². The van der Waals surface area contributed by atoms with E-state index in [-0.39, 0.29) is 24.4 Å². The highest BCUT2D eigenvalue weighted by molar-refractivity contribution is 7.91. The van der Waals surface area contributed by atoms with E-state index in [0.717, 1.165) is 4.88 Å². The molecular weight excluding hydrogens is 382 g/mol. The van der Waals surface area contributed by atoms with Crippen molar-refractivity contribution in [2.45, 2.75) is 43.9 Å². The van der Waals surface area contributed by atoms with Crippen LogP contribution in [0.2, 0.25) is 0 Å². The highest BCUT2D eigenvalue weighted by Crippen LogP contribution is 2.25. The summed E-state index contributed by atoms with van der Waals surface area (Å²) in [5.74, 6) is 0.383. The van der Waals surface area contributed by atoms with E-state index in [2.05, 4.69) is 10.6 Å². The van der Waals surface area contributed by atoms with Gasteiger partial charge in [-0.3, -0.25) is 4.79 Å². The molecule has 1 unspecified atom stereocenters. The molecule has 1 amide bonds. The van der Waals surface area contributed by atoms with Crippen molar-refractivity contribution < 1.29 is 13.2 Å². The third kappa shape index (κ3) is 6.53. The third-order valence-electron chi connectivity index (χ3n) is 3.85. The molecule has 144 valence electrons. The van der Waals surface area contributed by atoms with Gasteiger partial charge >= 0.3 is 0 Å². The van der Waals surface area contributed by atoms with Gasteiger partial charge in [0.15, 0.2) is 0 Å². The van der Waals surface area contributed by atoms with Crippen molar-refractivity contribution in [3.63, 3.8) is 0 Å². The predicted octanol–water partition coefficient (Wildman–Crippen LogP) is 1.86. The molecule has 0 bridgehead atoms. The number of nitrogens with zero attached hydrogens (tertiary/aromatic N) is 1. The summed E-state index contributed by atoms with van der Waals surface area (Å²) in [5.41, 5.74) is 0. The minimum Gasteiger partial charge on any atom is -0.356 e. The molecule has 1 aromatic heterocycles. The van der Waals surface area contributed by atoms with Gasteiger partial charge in [0.25, 0.3) is 10.0 Å². The molecule has 0 aliphatic carbocycles. The Labute approximate surface area is 160 Å². The van der Waals surface area contributed by atoms with E-state index in [0.29, 0.717) is 49.1 Å². The van der Waals surface area contributed by atoms with Crippen molar-refractivity contribution in [1.29, 1.82) is 0 Å². The zero-order valence-corrected chi connectivity index (χ0v) is 17.4. The van der Waals surface area contributed by atoms with Gasteiger partial charge < -0.3 is 10.6 Å². The highest BCUT2D eigenvalue weighted by atomic mass is 35.5. The van der Waals surface area contributed by atoms with Gasteiger partial charge in [-0.2, -0.15) is 4.31 Å². The molecule has 25 heavy (non-hydrogen) atoms. The van der Waals surface area contributed by atoms with E-state index in [1.54, 1.807) is 10.4 Å². The van der Waals surface area contributed by atoms with Crippen molar-refractivity contribution in [3.8, 4) is 0 Å². The number of rotatable bonds is 7. The number of sulfonamides is 1. The minimum atomic E-state index is -3.41. The number of piperazine rings is 1. The minimum absolute atomic E-state index is 0. The zero-order valence-electron chi connectivity index (χ0n) is 14.9. The van der Waals surface area contributed by atoms with E-state index >= 15 is 0 Å². The van der Waals surface area contributed by atoms with Crippen LogP contribution in [0.1, 0.15) is 32.1 Å². The predicted molar refractivity (Wildman–Crippen MR) is 104 cm³/mol. The standard InChI is InChI=1S/C16H27N3O3S2.ClH/c1-12(2)10-15(20)18-7-6-14-4-5-16(23-14)24(21,22)19-9-8-17-13(3)11-19;/h4-5,12-13,17H,6-11H2,1-3H3,(H,18,20);1H. The Kier molecular flexibility index (Phi) is 8.83. The fourth-order valence-corrected chi connectivity index (χ4v) is 5.68. The number of hydrogen-bond donors (Lipinski definition) is 2. The first kappa shape index (κ1) is 22.4. The smallest absolute Gasteiger partial charge is 0.252 e. The Morgan fingerprint density at radius 2 is 2.16 bits per heavy atom. The fourth-order valence-electron chi connectivity index (χ4n) is 2.64. The summed E-state index contributed by atoms with van der Waals surface area (Å²) in [6.45, 7) is 8.23. The van der Waals surface area contributed by atoms with Gasteiger partial charge in [-0.1, -0.05) is 13.8 Å². The normalized spacial score (nSPS) is 18.8. The van der Waals surface area contributed by atoms with Crippen molar-refractivity contribution in [1.82, 2.24) is 14.9 Å². The lowest BCUT2D eigenvalue weighted by Crippen LogP contribution is -2.51. The maximum atomic E-state index is 12.7. The monoisotopic (exact) mass is 409 g/mol. The second-order valence-electron chi connectivity index (χ2n) is 6.64. The Bertz CT molecular complexity index is 661. The average molecular weight is 410 g/mol. The first-order valence-electron chi connectivity index (χ1n) is 8.38. The second-order valence-corrected chi connectivity index (χ2v) is 9.97. The summed E-state index contributed by atoms with van der Waals surface area (Å²) in [6, 6.07) is 3.69. The van der Waals surface area contributed by atoms with Crippen LogP contribution in [0.25, 0.3) is 0 Å². The second kappa shape index (κ2) is 9.87. The van der Waals surface area contributed by atoms with Gasteiger partial charge in [0.1, 0.15) is 4.21 Å². The maximum Gasteiger partial charge on any atom is 0.252 e. The van der Waals surface area contributed by atoms with E-state index in [1.807, 2.05) is 26.8 Å². The summed E-state index contributed by atoms with van der Waals surface area (Å²) in [6.07, 6.45) is 1.17. The molecule has 1 aromatic rings. The molecule has 0 spiro atoms. The Morgan fingerprint density at radius 3 is 2.80 bits per heavy atom. The fraction of sp³-hybridized carbons (Fsp3) is 0.688. The number of amides is 1. The van der Waals surface area contributed by atoms with E-state index < -0.39 is 10.0 Å². The number of carbonyl (C=O) groups excluding carboxylic acids is 1. The molecule has 2 N–H and O–H groups in total. The number of hydrogen-bond acceptors (Lipinski definition) is 5. The van der Waals surface area contributed by atoms with Crippen LogP contribution >= 0.6 is 23.7 Å². The number of carbonyl (C=O) groups is 1. The zero-order chi connectivity index (χ0) is 17.7. The molecule has 2 heterocycles. The molecule has 1 atom stereocenters. The van der Waals surface area contributed by atoms with Gasteiger partial charge in [0, 0.05) is 43.5 Å². The average Bonchev–Trinajstić information content (AvgIpc) is 2.96. The Hall–Kier alpha value is -0.670. The molecule has 0 aromatic carbocycles. The number of nitrogens with one attached hydrogen (secondary N) is 2. The number of halogens is 1. The van der Waals surface area contributed by atoms with Crippen LogP contribution in [0.5, 0.6) is 0 Å². The van der Waals surface area contributed by atoms with Crippen molar-refractivity contribution in [3.05, 3.63) is 17.0 Å². The molecule has 1 aliphatic heterocycles. The van der Waals surface area contributed by atoms with E-state index in [4.69, 9.17) is 0 Å². The molecule has 0 saturated carbocycles. The lowest BCUT2D eigenvalue weighted by atomic mass is 10.1. The van der Waals surface area contributed by atoms with Gasteiger partial charge in [-0.25, -0.2) is 8.42 Å². The van der Waals surface area contributed by atoms with Crippen molar-refractivity contribution in [2.24, 2.45) is 5.92 Å². The molecule has 1 aliphatic rings. The molecule has 1 saturated heterocycles. The van der Waals surface area contributed by atoms with Gasteiger partial charge in [-0.05, 0) is 31.4 Å². The van der Waals surface area contributed by atoms with Crippen LogP contribution < -0.4 is 10.6 Å². The molecule has 6 nitrogen and oxygen atoms in total. The SMILES string of the molecule is CC(C)CC(=O)NCCc1ccc(S(=O)(=O)N2CCNC(C)C2)s1.Cl. The summed E-state index contributed by atoms with van der Waals surface area (Å²) in [4.78, 5) is 12.6. The number of thiophene rings is 1. The first-order chi connectivity index (χ1) is 11.3. The Morgan fingerprint density at radius 1 is 1.44 bits per heavy atom. The van der Waals surface area contributed by atoms with Gasteiger partial charge in [0.2, 0.25) is 5.91 Å². The van der Waals surface area contributed by atoms with Crippen LogP contribution in [-0.4, -0.2) is 50.9 Å². The summed E-state index contributed by atoms with van der Waals surface area (Å²) >= 11 is 1.30. The summed E-state index contributed by atoms with van der Waals surface area (Å²) in [5, 5.41) is 6.13. The molecule has 0 radical (unpaired) electrons. The lowest BCUT2D eigenvalue weighted by Gasteiger charge is -2.30. The first-order valence-corrected chi connectivity index (χ1v) is 10.6. The highest BCUT2D eigenvalue weighted by Gasteiger charge is 2.29. The largest absolute Gasteiger partial charge is 0.356 e. The third-order valence-corrected chi connectivity index (χ3v) is 7.33. The van der Waals surface area contributed by atoms with E-state index in [9.17, 15) is 13.2 Å². The Balaban J connectivity index is 0.00000312. The molecular formula is C16H28ClN3O3S2.